The summed E-state index contributed by atoms with van der Waals surface area (Å²) in [7, 11) is 0. The molecule has 0 aliphatic carbocycles. The lowest BCUT2D eigenvalue weighted by Gasteiger charge is -2.07. The number of halogens is 5. The summed E-state index contributed by atoms with van der Waals surface area (Å²) < 4.78 is 70.4. The van der Waals surface area contributed by atoms with Crippen molar-refractivity contribution < 1.29 is 41.3 Å². The third kappa shape index (κ3) is 6.47. The Hall–Kier alpha value is -4.20. The lowest BCUT2D eigenvalue weighted by Crippen LogP contribution is -2.27. The molecule has 0 fully saturated rings. The minimum Gasteiger partial charge on any atom is -0.475 e. The Balaban J connectivity index is 0.000000454. The molecule has 0 spiro atoms. The largest absolute Gasteiger partial charge is 0.490 e. The molecule has 2 heterocycles. The second-order valence-corrected chi connectivity index (χ2v) is 7.34. The van der Waals surface area contributed by atoms with Crippen LogP contribution in [0.4, 0.5) is 22.0 Å². The number of fused-ring (bicyclic) bond motifs is 1. The minimum atomic E-state index is -5.08. The Morgan fingerprint density at radius 1 is 1.08 bits per heavy atom. The molecule has 4 rings (SSSR count). The zero-order valence-corrected chi connectivity index (χ0v) is 18.3. The van der Waals surface area contributed by atoms with Crippen molar-refractivity contribution in [2.75, 3.05) is 13.3 Å². The summed E-state index contributed by atoms with van der Waals surface area (Å²) in [6, 6.07) is 13.4. The molecule has 192 valence electrons. The zero-order valence-electron chi connectivity index (χ0n) is 18.3. The van der Waals surface area contributed by atoms with Crippen molar-refractivity contribution in [2.24, 2.45) is 5.73 Å². The van der Waals surface area contributed by atoms with Gasteiger partial charge in [0.25, 0.3) is 6.08 Å². The van der Waals surface area contributed by atoms with Crippen LogP contribution < -0.4 is 20.9 Å². The van der Waals surface area contributed by atoms with Crippen molar-refractivity contribution in [3.63, 3.8) is 0 Å². The molecule has 0 radical (unpaired) electrons. The number of aromatic nitrogens is 3. The monoisotopic (exact) mass is 514 g/mol. The number of aliphatic carboxylic acids is 1. The van der Waals surface area contributed by atoms with Crippen LogP contribution in [0.2, 0.25) is 0 Å². The van der Waals surface area contributed by atoms with Crippen LogP contribution in [0.1, 0.15) is 5.56 Å². The van der Waals surface area contributed by atoms with Gasteiger partial charge in [-0.3, -0.25) is 4.57 Å². The van der Waals surface area contributed by atoms with Crippen LogP contribution in [-0.4, -0.2) is 44.9 Å². The highest BCUT2D eigenvalue weighted by Crippen LogP contribution is 2.36. The number of rotatable bonds is 6. The summed E-state index contributed by atoms with van der Waals surface area (Å²) in [4.78, 5) is 21.4. The van der Waals surface area contributed by atoms with Crippen LogP contribution in [0.3, 0.4) is 0 Å². The van der Waals surface area contributed by atoms with Crippen LogP contribution in [-0.2, 0) is 17.9 Å². The molecule has 9 nitrogen and oxygen atoms in total. The third-order valence-corrected chi connectivity index (χ3v) is 4.88. The maximum Gasteiger partial charge on any atom is 0.490 e. The van der Waals surface area contributed by atoms with Crippen molar-refractivity contribution in [3.8, 4) is 22.6 Å². The molecule has 0 unspecified atom stereocenters. The molecule has 0 saturated carbocycles. The van der Waals surface area contributed by atoms with Gasteiger partial charge in [-0.1, -0.05) is 24.3 Å². The van der Waals surface area contributed by atoms with Gasteiger partial charge >= 0.3 is 17.8 Å². The molecule has 0 atom stereocenters. The summed E-state index contributed by atoms with van der Waals surface area (Å²) in [5, 5.41) is 11.0. The van der Waals surface area contributed by atoms with Crippen LogP contribution in [0, 0.1) is 0 Å². The lowest BCUT2D eigenvalue weighted by molar-refractivity contribution is -0.192. The van der Waals surface area contributed by atoms with E-state index in [0.29, 0.717) is 11.5 Å². The first-order chi connectivity index (χ1) is 17.0. The molecule has 1 aromatic heterocycles. The van der Waals surface area contributed by atoms with E-state index in [9.17, 15) is 26.7 Å². The quantitative estimate of drug-likeness (QED) is 0.485. The highest BCUT2D eigenvalue weighted by molar-refractivity contribution is 5.73. The number of nitrogens with zero attached hydrogens (tertiary/aromatic N) is 3. The van der Waals surface area contributed by atoms with E-state index in [4.69, 9.17) is 25.1 Å². The van der Waals surface area contributed by atoms with E-state index in [1.54, 1.807) is 0 Å². The first-order valence-corrected chi connectivity index (χ1v) is 10.1. The number of ether oxygens (including phenoxy) is 2. The van der Waals surface area contributed by atoms with Gasteiger partial charge in [0.2, 0.25) is 6.79 Å². The van der Waals surface area contributed by atoms with Crippen molar-refractivity contribution in [3.05, 3.63) is 76.5 Å². The SMILES string of the molecule is NCC(Cn1ncn(Cc2cccc(-c3ccc4c(c3)OCO4)c2)c1=O)=C(F)F.O=C(O)C(F)(F)F. The van der Waals surface area contributed by atoms with E-state index in [1.165, 1.54) is 10.9 Å². The molecule has 1 aliphatic heterocycles. The van der Waals surface area contributed by atoms with E-state index >= 15 is 0 Å². The molecule has 3 aromatic rings. The van der Waals surface area contributed by atoms with Crippen LogP contribution in [0.25, 0.3) is 11.1 Å². The highest BCUT2D eigenvalue weighted by Gasteiger charge is 2.38. The van der Waals surface area contributed by atoms with E-state index in [2.05, 4.69) is 5.10 Å². The maximum atomic E-state index is 12.8. The van der Waals surface area contributed by atoms with Gasteiger partial charge in [-0.05, 0) is 34.9 Å². The average Bonchev–Trinajstić information content (AvgIpc) is 3.43. The van der Waals surface area contributed by atoms with Crippen molar-refractivity contribution >= 4 is 5.97 Å². The number of nitrogens with two attached hydrogens (primary N) is 1. The van der Waals surface area contributed by atoms with Gasteiger partial charge in [0.05, 0.1) is 13.1 Å². The number of alkyl halides is 3. The van der Waals surface area contributed by atoms with E-state index < -0.39 is 23.9 Å². The fourth-order valence-electron chi connectivity index (χ4n) is 3.09. The van der Waals surface area contributed by atoms with Crippen LogP contribution >= 0.6 is 0 Å². The normalized spacial score (nSPS) is 12.1. The molecule has 0 bridgehead atoms. The third-order valence-electron chi connectivity index (χ3n) is 4.88. The Morgan fingerprint density at radius 2 is 1.75 bits per heavy atom. The van der Waals surface area contributed by atoms with Gasteiger partial charge in [-0.25, -0.2) is 14.3 Å². The summed E-state index contributed by atoms with van der Waals surface area (Å²) in [6.45, 7) is -0.197. The second kappa shape index (κ2) is 11.0. The predicted octanol–water partition coefficient (Wildman–Crippen LogP) is 3.23. The summed E-state index contributed by atoms with van der Waals surface area (Å²) in [5.41, 5.74) is 7.28. The Labute approximate surface area is 199 Å². The average molecular weight is 514 g/mol. The molecule has 14 heteroatoms. The lowest BCUT2D eigenvalue weighted by atomic mass is 10.0. The molecule has 36 heavy (non-hydrogen) atoms. The van der Waals surface area contributed by atoms with Crippen molar-refractivity contribution in [1.82, 2.24) is 14.3 Å². The highest BCUT2D eigenvalue weighted by atomic mass is 19.4. The van der Waals surface area contributed by atoms with E-state index in [0.717, 1.165) is 21.4 Å². The molecule has 1 aliphatic rings. The molecule has 0 saturated heterocycles. The Kier molecular flexibility index (Phi) is 8.09. The van der Waals surface area contributed by atoms with Gasteiger partial charge in [0, 0.05) is 12.1 Å². The second-order valence-electron chi connectivity index (χ2n) is 7.34. The smallest absolute Gasteiger partial charge is 0.475 e. The molecule has 2 aromatic carbocycles. The number of hydrogen-bond donors (Lipinski definition) is 2. The Bertz CT molecular complexity index is 1330. The number of carboxylic acids is 1. The van der Waals surface area contributed by atoms with Gasteiger partial charge < -0.3 is 20.3 Å². The predicted molar refractivity (Wildman–Crippen MR) is 116 cm³/mol. The van der Waals surface area contributed by atoms with Gasteiger partial charge in [-0.2, -0.15) is 27.1 Å². The maximum absolute atomic E-state index is 12.8. The first-order valence-electron chi connectivity index (χ1n) is 10.1. The number of carbonyl (C=O) groups is 1. The first kappa shape index (κ1) is 26.4. The number of benzene rings is 2. The van der Waals surface area contributed by atoms with Gasteiger partial charge in [-0.15, -0.1) is 0 Å². The molecule has 3 N–H and O–H groups in total. The molecule has 0 amide bonds. The number of carboxylic acid groups (broad SMARTS) is 1. The van der Waals surface area contributed by atoms with E-state index in [-0.39, 0.29) is 32.0 Å². The summed E-state index contributed by atoms with van der Waals surface area (Å²) >= 11 is 0. The topological polar surface area (TPSA) is 122 Å². The summed E-state index contributed by atoms with van der Waals surface area (Å²) in [5.74, 6) is -1.36. The van der Waals surface area contributed by atoms with Crippen molar-refractivity contribution in [1.29, 1.82) is 0 Å². The van der Waals surface area contributed by atoms with Crippen LogP contribution in [0.15, 0.2) is 65.2 Å². The number of hydrogen-bond acceptors (Lipinski definition) is 6. The summed E-state index contributed by atoms with van der Waals surface area (Å²) in [6.07, 6.45) is -5.63. The zero-order chi connectivity index (χ0) is 26.5. The fraction of sp³-hybridized carbons (Fsp3) is 0.227. The van der Waals surface area contributed by atoms with Crippen molar-refractivity contribution in [2.45, 2.75) is 19.3 Å². The van der Waals surface area contributed by atoms with Gasteiger partial charge in [0.1, 0.15) is 6.33 Å². The minimum absolute atomic E-state index is 0.207. The fourth-order valence-corrected chi connectivity index (χ4v) is 3.09. The Morgan fingerprint density at radius 3 is 2.39 bits per heavy atom. The molecular formula is C22H19F5N4O5. The van der Waals surface area contributed by atoms with E-state index in [1.807, 2.05) is 42.5 Å². The van der Waals surface area contributed by atoms with Gasteiger partial charge in [0.15, 0.2) is 11.5 Å². The van der Waals surface area contributed by atoms with Crippen LogP contribution in [0.5, 0.6) is 11.5 Å². The molecular weight excluding hydrogens is 495 g/mol. The standard InChI is InChI=1S/C20H18F2N4O3.C2HF3O2/c21-19(22)16(8-23)10-26-20(27)25(11-24-26)9-13-2-1-3-14(6-13)15-4-5-17-18(7-15)29-12-28-17;3-2(4,5)1(6)7/h1-7,11H,8-10,12,23H2;(H,6,7).